The first-order valence-electron chi connectivity index (χ1n) is 6.55. The summed E-state index contributed by atoms with van der Waals surface area (Å²) in [6.45, 7) is -2.13. The van der Waals surface area contributed by atoms with Gasteiger partial charge < -0.3 is 15.0 Å². The molecule has 1 heterocycles. The molecule has 108 valence electrons. The van der Waals surface area contributed by atoms with Crippen molar-refractivity contribution in [2.75, 3.05) is 5.32 Å². The van der Waals surface area contributed by atoms with Gasteiger partial charge >= 0.3 is 6.61 Å². The van der Waals surface area contributed by atoms with Crippen LogP contribution in [0.25, 0.3) is 10.9 Å². The van der Waals surface area contributed by atoms with E-state index in [4.69, 9.17) is 0 Å². The molecular weight excluding hydrogens is 274 g/mol. The van der Waals surface area contributed by atoms with Crippen LogP contribution >= 0.6 is 0 Å². The van der Waals surface area contributed by atoms with E-state index >= 15 is 0 Å². The number of halogens is 2. The van der Waals surface area contributed by atoms with Crippen molar-refractivity contribution in [3.05, 3.63) is 60.3 Å². The Bertz CT molecular complexity index is 722. The standard InChI is InChI=1S/C16H14F2N2O/c17-16(18)21-14-4-2-13(3-5-14)20-10-11-1-6-15-12(9-11)7-8-19-15/h1-9,16,19-20H,10H2. The molecule has 0 aliphatic heterocycles. The second kappa shape index (κ2) is 5.83. The summed E-state index contributed by atoms with van der Waals surface area (Å²) < 4.78 is 28.4. The lowest BCUT2D eigenvalue weighted by Gasteiger charge is -2.08. The Balaban J connectivity index is 1.63. The summed E-state index contributed by atoms with van der Waals surface area (Å²) in [6, 6.07) is 14.7. The number of rotatable bonds is 5. The van der Waals surface area contributed by atoms with Crippen LogP contribution < -0.4 is 10.1 Å². The predicted molar refractivity (Wildman–Crippen MR) is 78.7 cm³/mol. The molecule has 0 radical (unpaired) electrons. The van der Waals surface area contributed by atoms with Crippen LogP contribution in [-0.4, -0.2) is 11.6 Å². The Hall–Kier alpha value is -2.56. The molecule has 0 spiro atoms. The summed E-state index contributed by atoms with van der Waals surface area (Å²) in [7, 11) is 0. The van der Waals surface area contributed by atoms with Crippen molar-refractivity contribution in [2.45, 2.75) is 13.2 Å². The number of anilines is 1. The van der Waals surface area contributed by atoms with Gasteiger partial charge in [-0.15, -0.1) is 0 Å². The van der Waals surface area contributed by atoms with Gasteiger partial charge in [0.05, 0.1) is 0 Å². The van der Waals surface area contributed by atoms with Gasteiger partial charge in [-0.1, -0.05) is 6.07 Å². The first-order valence-corrected chi connectivity index (χ1v) is 6.55. The quantitative estimate of drug-likeness (QED) is 0.731. The zero-order chi connectivity index (χ0) is 14.7. The van der Waals surface area contributed by atoms with Gasteiger partial charge in [-0.3, -0.25) is 0 Å². The molecule has 0 amide bonds. The van der Waals surface area contributed by atoms with Crippen LogP contribution in [0.5, 0.6) is 5.75 Å². The molecule has 0 aliphatic carbocycles. The first-order chi connectivity index (χ1) is 10.2. The van der Waals surface area contributed by atoms with E-state index < -0.39 is 6.61 Å². The Morgan fingerprint density at radius 3 is 2.62 bits per heavy atom. The molecule has 5 heteroatoms. The molecule has 2 aromatic carbocycles. The molecule has 0 bridgehead atoms. The largest absolute Gasteiger partial charge is 0.435 e. The average molecular weight is 288 g/mol. The van der Waals surface area contributed by atoms with Crippen LogP contribution in [0, 0.1) is 0 Å². The normalized spacial score (nSPS) is 11.0. The fourth-order valence-electron chi connectivity index (χ4n) is 2.17. The van der Waals surface area contributed by atoms with Crippen molar-refractivity contribution in [3.8, 4) is 5.75 Å². The highest BCUT2D eigenvalue weighted by Gasteiger charge is 2.03. The van der Waals surface area contributed by atoms with Crippen LogP contribution in [0.15, 0.2) is 54.7 Å². The third-order valence-electron chi connectivity index (χ3n) is 3.19. The predicted octanol–water partition coefficient (Wildman–Crippen LogP) is 4.38. The molecule has 3 rings (SSSR count). The molecule has 2 N–H and O–H groups in total. The van der Waals surface area contributed by atoms with E-state index in [1.807, 2.05) is 24.4 Å². The number of hydrogen-bond donors (Lipinski definition) is 2. The molecular formula is C16H14F2N2O. The van der Waals surface area contributed by atoms with Crippen LogP contribution in [0.3, 0.4) is 0 Å². The lowest BCUT2D eigenvalue weighted by atomic mass is 10.1. The molecule has 0 fully saturated rings. The summed E-state index contributed by atoms with van der Waals surface area (Å²) >= 11 is 0. The SMILES string of the molecule is FC(F)Oc1ccc(NCc2ccc3[nH]ccc3c2)cc1. The summed E-state index contributed by atoms with van der Waals surface area (Å²) in [4.78, 5) is 3.15. The third-order valence-corrected chi connectivity index (χ3v) is 3.19. The zero-order valence-electron chi connectivity index (χ0n) is 11.1. The summed E-state index contributed by atoms with van der Waals surface area (Å²) in [5.41, 5.74) is 3.10. The Morgan fingerprint density at radius 1 is 1.05 bits per heavy atom. The minimum Gasteiger partial charge on any atom is -0.435 e. The molecule has 0 unspecified atom stereocenters. The average Bonchev–Trinajstić information content (AvgIpc) is 2.93. The van der Waals surface area contributed by atoms with Crippen LogP contribution in [0.2, 0.25) is 0 Å². The second-order valence-corrected chi connectivity index (χ2v) is 4.66. The second-order valence-electron chi connectivity index (χ2n) is 4.66. The maximum absolute atomic E-state index is 12.1. The number of fused-ring (bicyclic) bond motifs is 1. The van der Waals surface area contributed by atoms with Crippen molar-refractivity contribution < 1.29 is 13.5 Å². The highest BCUT2D eigenvalue weighted by molar-refractivity contribution is 5.79. The summed E-state index contributed by atoms with van der Waals surface area (Å²) in [5.74, 6) is 0.157. The molecule has 0 aliphatic rings. The number of ether oxygens (including phenoxy) is 1. The molecule has 1 aromatic heterocycles. The van der Waals surface area contributed by atoms with Gasteiger partial charge in [0.15, 0.2) is 0 Å². The Kier molecular flexibility index (Phi) is 3.73. The maximum atomic E-state index is 12.1. The van der Waals surface area contributed by atoms with Gasteiger partial charge in [0.1, 0.15) is 5.75 Å². The lowest BCUT2D eigenvalue weighted by molar-refractivity contribution is -0.0498. The Morgan fingerprint density at radius 2 is 1.86 bits per heavy atom. The minimum absolute atomic E-state index is 0.157. The van der Waals surface area contributed by atoms with E-state index in [0.717, 1.165) is 22.2 Å². The van der Waals surface area contributed by atoms with Crippen molar-refractivity contribution in [1.29, 1.82) is 0 Å². The number of hydrogen-bond acceptors (Lipinski definition) is 2. The summed E-state index contributed by atoms with van der Waals surface area (Å²) in [5, 5.41) is 4.41. The topological polar surface area (TPSA) is 37.0 Å². The number of benzene rings is 2. The highest BCUT2D eigenvalue weighted by atomic mass is 19.3. The maximum Gasteiger partial charge on any atom is 0.387 e. The molecule has 0 atom stereocenters. The highest BCUT2D eigenvalue weighted by Crippen LogP contribution is 2.19. The lowest BCUT2D eigenvalue weighted by Crippen LogP contribution is -2.02. The van der Waals surface area contributed by atoms with E-state index in [0.29, 0.717) is 6.54 Å². The van der Waals surface area contributed by atoms with Crippen molar-refractivity contribution in [2.24, 2.45) is 0 Å². The monoisotopic (exact) mass is 288 g/mol. The molecule has 3 aromatic rings. The van der Waals surface area contributed by atoms with E-state index in [1.165, 1.54) is 12.1 Å². The third kappa shape index (κ3) is 3.31. The van der Waals surface area contributed by atoms with Crippen molar-refractivity contribution >= 4 is 16.6 Å². The van der Waals surface area contributed by atoms with Gasteiger partial charge in [-0.25, -0.2) is 0 Å². The van der Waals surface area contributed by atoms with Gasteiger partial charge in [0.25, 0.3) is 0 Å². The number of aromatic nitrogens is 1. The van der Waals surface area contributed by atoms with Crippen LogP contribution in [-0.2, 0) is 6.54 Å². The van der Waals surface area contributed by atoms with E-state index in [9.17, 15) is 8.78 Å². The number of aromatic amines is 1. The number of nitrogens with one attached hydrogen (secondary N) is 2. The molecule has 3 nitrogen and oxygen atoms in total. The van der Waals surface area contributed by atoms with E-state index in [-0.39, 0.29) is 5.75 Å². The summed E-state index contributed by atoms with van der Waals surface area (Å²) in [6.07, 6.45) is 1.91. The molecule has 0 saturated heterocycles. The van der Waals surface area contributed by atoms with Gasteiger partial charge in [-0.05, 0) is 53.4 Å². The van der Waals surface area contributed by atoms with Crippen LogP contribution in [0.4, 0.5) is 14.5 Å². The number of alkyl halides is 2. The van der Waals surface area contributed by atoms with Gasteiger partial charge in [0.2, 0.25) is 0 Å². The fraction of sp³-hybridized carbons (Fsp3) is 0.125. The smallest absolute Gasteiger partial charge is 0.387 e. The van der Waals surface area contributed by atoms with Crippen molar-refractivity contribution in [3.63, 3.8) is 0 Å². The Labute approximate surface area is 120 Å². The zero-order valence-corrected chi connectivity index (χ0v) is 11.1. The van der Waals surface area contributed by atoms with Gasteiger partial charge in [0, 0.05) is 23.9 Å². The van der Waals surface area contributed by atoms with E-state index in [1.54, 1.807) is 12.1 Å². The number of H-pyrrole nitrogens is 1. The van der Waals surface area contributed by atoms with Crippen LogP contribution in [0.1, 0.15) is 5.56 Å². The van der Waals surface area contributed by atoms with Gasteiger partial charge in [-0.2, -0.15) is 8.78 Å². The van der Waals surface area contributed by atoms with Crippen molar-refractivity contribution in [1.82, 2.24) is 4.98 Å². The molecule has 0 saturated carbocycles. The minimum atomic E-state index is -2.79. The van der Waals surface area contributed by atoms with E-state index in [2.05, 4.69) is 21.1 Å². The molecule has 21 heavy (non-hydrogen) atoms. The fourth-order valence-corrected chi connectivity index (χ4v) is 2.17. The first kappa shape index (κ1) is 13.4.